The van der Waals surface area contributed by atoms with Crippen LogP contribution in [0.3, 0.4) is 0 Å². The number of nitrogens with one attached hydrogen (secondary N) is 1. The van der Waals surface area contributed by atoms with E-state index in [1.165, 1.54) is 31.0 Å². The highest BCUT2D eigenvalue weighted by atomic mass is 19.1. The van der Waals surface area contributed by atoms with Crippen LogP contribution in [0.1, 0.15) is 44.2 Å². The molecule has 2 rings (SSSR count). The van der Waals surface area contributed by atoms with Gasteiger partial charge in [0.2, 0.25) is 0 Å². The van der Waals surface area contributed by atoms with Crippen LogP contribution in [-0.2, 0) is 0 Å². The summed E-state index contributed by atoms with van der Waals surface area (Å²) in [6.45, 7) is 2.91. The fourth-order valence-corrected chi connectivity index (χ4v) is 2.11. The van der Waals surface area contributed by atoms with Gasteiger partial charge in [0.25, 0.3) is 0 Å². The van der Waals surface area contributed by atoms with Crippen molar-refractivity contribution < 1.29 is 8.78 Å². The molecule has 0 bridgehead atoms. The van der Waals surface area contributed by atoms with E-state index in [0.29, 0.717) is 11.5 Å². The van der Waals surface area contributed by atoms with Crippen LogP contribution >= 0.6 is 0 Å². The topological polar surface area (TPSA) is 12.0 Å². The molecule has 0 amide bonds. The number of hydrogen-bond donors (Lipinski definition) is 1. The second-order valence-corrected chi connectivity index (χ2v) is 4.85. The Morgan fingerprint density at radius 3 is 2.76 bits per heavy atom. The third-order valence-corrected chi connectivity index (χ3v) is 3.24. The molecule has 1 atom stereocenters. The maximum absolute atomic E-state index is 13.7. The molecular weight excluding hydrogens is 220 g/mol. The molecule has 1 aliphatic rings. The van der Waals surface area contributed by atoms with E-state index in [0.717, 1.165) is 19.4 Å². The van der Waals surface area contributed by atoms with Crippen molar-refractivity contribution >= 4 is 0 Å². The number of hydrogen-bond acceptors (Lipinski definition) is 1. The Kier molecular flexibility index (Phi) is 4.11. The summed E-state index contributed by atoms with van der Waals surface area (Å²) in [6, 6.07) is 3.67. The van der Waals surface area contributed by atoms with Gasteiger partial charge in [-0.25, -0.2) is 8.78 Å². The fraction of sp³-hybridized carbons (Fsp3) is 0.571. The maximum atomic E-state index is 13.7. The summed E-state index contributed by atoms with van der Waals surface area (Å²) in [5, 5.41) is 3.32. The van der Waals surface area contributed by atoms with Crippen LogP contribution < -0.4 is 5.32 Å². The van der Waals surface area contributed by atoms with E-state index in [-0.39, 0.29) is 17.7 Å². The first-order valence-corrected chi connectivity index (χ1v) is 6.39. The molecule has 1 saturated carbocycles. The van der Waals surface area contributed by atoms with Gasteiger partial charge in [0, 0.05) is 11.6 Å². The first-order valence-electron chi connectivity index (χ1n) is 6.39. The zero-order valence-corrected chi connectivity index (χ0v) is 10.2. The lowest BCUT2D eigenvalue weighted by Crippen LogP contribution is -2.23. The molecule has 1 aromatic carbocycles. The molecule has 0 aromatic heterocycles. The summed E-state index contributed by atoms with van der Waals surface area (Å²) < 4.78 is 26.9. The van der Waals surface area contributed by atoms with Crippen molar-refractivity contribution in [3.05, 3.63) is 35.4 Å². The van der Waals surface area contributed by atoms with Crippen molar-refractivity contribution in [2.75, 3.05) is 6.54 Å². The van der Waals surface area contributed by atoms with Crippen molar-refractivity contribution in [1.29, 1.82) is 0 Å². The van der Waals surface area contributed by atoms with Crippen molar-refractivity contribution in [1.82, 2.24) is 5.32 Å². The van der Waals surface area contributed by atoms with E-state index in [1.807, 2.05) is 0 Å². The van der Waals surface area contributed by atoms with E-state index >= 15 is 0 Å². The lowest BCUT2D eigenvalue weighted by atomic mass is 10.00. The number of halogens is 2. The summed E-state index contributed by atoms with van der Waals surface area (Å²) in [5.41, 5.74) is 0.477. The number of rotatable bonds is 6. The normalized spacial score (nSPS) is 17.1. The predicted molar refractivity (Wildman–Crippen MR) is 64.7 cm³/mol. The Hall–Kier alpha value is -0.960. The minimum Gasteiger partial charge on any atom is -0.310 e. The summed E-state index contributed by atoms with van der Waals surface area (Å²) >= 11 is 0. The molecule has 1 unspecified atom stereocenters. The van der Waals surface area contributed by atoms with E-state index in [9.17, 15) is 8.78 Å². The third kappa shape index (κ3) is 3.50. The maximum Gasteiger partial charge on any atom is 0.128 e. The largest absolute Gasteiger partial charge is 0.310 e. The van der Waals surface area contributed by atoms with Gasteiger partial charge < -0.3 is 5.32 Å². The van der Waals surface area contributed by atoms with Gasteiger partial charge in [-0.3, -0.25) is 0 Å². The molecule has 1 fully saturated rings. The van der Waals surface area contributed by atoms with Crippen LogP contribution in [0.15, 0.2) is 18.2 Å². The summed E-state index contributed by atoms with van der Waals surface area (Å²) in [4.78, 5) is 0. The molecule has 0 spiro atoms. The van der Waals surface area contributed by atoms with Gasteiger partial charge >= 0.3 is 0 Å². The molecule has 94 valence electrons. The summed E-state index contributed by atoms with van der Waals surface area (Å²) in [7, 11) is 0. The Balaban J connectivity index is 2.13. The molecule has 1 aromatic rings. The zero-order valence-electron chi connectivity index (χ0n) is 10.2. The lowest BCUT2D eigenvalue weighted by Gasteiger charge is -2.19. The van der Waals surface area contributed by atoms with Crippen LogP contribution in [0.4, 0.5) is 8.78 Å². The molecule has 0 aliphatic heterocycles. The summed E-state index contributed by atoms with van der Waals surface area (Å²) in [5.74, 6) is 0.0215. The third-order valence-electron chi connectivity index (χ3n) is 3.24. The minimum absolute atomic E-state index is 0.0434. The van der Waals surface area contributed by atoms with Crippen molar-refractivity contribution in [3.8, 4) is 0 Å². The average molecular weight is 239 g/mol. The standard InChI is InChI=1S/C14H19F2N/c1-2-7-17-14(8-10-3-4-10)12-9-11(15)5-6-13(12)16/h5-6,9-10,14,17H,2-4,7-8H2,1H3. The SMILES string of the molecule is CCCNC(CC1CC1)c1cc(F)ccc1F. The second-order valence-electron chi connectivity index (χ2n) is 4.85. The van der Waals surface area contributed by atoms with Crippen LogP contribution in [0.5, 0.6) is 0 Å². The van der Waals surface area contributed by atoms with Crippen LogP contribution in [0.25, 0.3) is 0 Å². The quantitative estimate of drug-likeness (QED) is 0.796. The molecule has 17 heavy (non-hydrogen) atoms. The molecule has 0 saturated heterocycles. The molecular formula is C14H19F2N. The van der Waals surface area contributed by atoms with Crippen molar-refractivity contribution in [2.45, 2.75) is 38.6 Å². The Morgan fingerprint density at radius 1 is 1.35 bits per heavy atom. The molecule has 0 heterocycles. The second kappa shape index (κ2) is 5.58. The average Bonchev–Trinajstić information content (AvgIpc) is 3.11. The van der Waals surface area contributed by atoms with Gasteiger partial charge in [-0.2, -0.15) is 0 Å². The number of benzene rings is 1. The van der Waals surface area contributed by atoms with Gasteiger partial charge in [0.15, 0.2) is 0 Å². The molecule has 1 N–H and O–H groups in total. The Bertz CT molecular complexity index is 374. The van der Waals surface area contributed by atoms with E-state index < -0.39 is 0 Å². The van der Waals surface area contributed by atoms with E-state index in [2.05, 4.69) is 12.2 Å². The Labute approximate surface area is 101 Å². The van der Waals surface area contributed by atoms with Gasteiger partial charge in [-0.15, -0.1) is 0 Å². The van der Waals surface area contributed by atoms with Crippen molar-refractivity contribution in [3.63, 3.8) is 0 Å². The van der Waals surface area contributed by atoms with Gasteiger partial charge in [0.1, 0.15) is 11.6 Å². The molecule has 1 aliphatic carbocycles. The zero-order chi connectivity index (χ0) is 12.3. The lowest BCUT2D eigenvalue weighted by molar-refractivity contribution is 0.449. The highest BCUT2D eigenvalue weighted by Crippen LogP contribution is 2.38. The monoisotopic (exact) mass is 239 g/mol. The minimum atomic E-state index is -0.361. The predicted octanol–water partition coefficient (Wildman–Crippen LogP) is 3.81. The Morgan fingerprint density at radius 2 is 2.12 bits per heavy atom. The van der Waals surface area contributed by atoms with Crippen LogP contribution in [0.2, 0.25) is 0 Å². The molecule has 0 radical (unpaired) electrons. The highest BCUT2D eigenvalue weighted by Gasteiger charge is 2.27. The van der Waals surface area contributed by atoms with Crippen LogP contribution in [-0.4, -0.2) is 6.54 Å². The van der Waals surface area contributed by atoms with Gasteiger partial charge in [0.05, 0.1) is 0 Å². The highest BCUT2D eigenvalue weighted by molar-refractivity contribution is 5.22. The van der Waals surface area contributed by atoms with E-state index in [1.54, 1.807) is 0 Å². The smallest absolute Gasteiger partial charge is 0.128 e. The summed E-state index contributed by atoms with van der Waals surface area (Å²) in [6.07, 6.45) is 4.36. The van der Waals surface area contributed by atoms with E-state index in [4.69, 9.17) is 0 Å². The fourth-order valence-electron chi connectivity index (χ4n) is 2.11. The first kappa shape index (κ1) is 12.5. The van der Waals surface area contributed by atoms with Crippen molar-refractivity contribution in [2.24, 2.45) is 5.92 Å². The first-order chi connectivity index (χ1) is 8.20. The van der Waals surface area contributed by atoms with Gasteiger partial charge in [-0.1, -0.05) is 19.8 Å². The molecule has 3 heteroatoms. The van der Waals surface area contributed by atoms with Gasteiger partial charge in [-0.05, 0) is 43.5 Å². The molecule has 1 nitrogen and oxygen atoms in total. The van der Waals surface area contributed by atoms with Crippen LogP contribution in [0, 0.1) is 17.6 Å².